The average Bonchev–Trinajstić information content (AvgIpc) is 2.29. The van der Waals surface area contributed by atoms with Gasteiger partial charge in [0, 0.05) is 18.0 Å². The molecule has 1 rings (SSSR count). The molecule has 0 spiro atoms. The lowest BCUT2D eigenvalue weighted by atomic mass is 10.1. The molecule has 6 heteroatoms. The maximum absolute atomic E-state index is 12.7. The first-order valence-electron chi connectivity index (χ1n) is 5.63. The Morgan fingerprint density at radius 1 is 1.33 bits per heavy atom. The first-order valence-corrected chi connectivity index (χ1v) is 7.28. The number of sulfonamides is 1. The first kappa shape index (κ1) is 14.8. The van der Waals surface area contributed by atoms with Crippen LogP contribution in [0.3, 0.4) is 0 Å². The monoisotopic (exact) mass is 273 g/mol. The van der Waals surface area contributed by atoms with Crippen molar-refractivity contribution in [2.45, 2.75) is 26.3 Å². The van der Waals surface area contributed by atoms with Crippen LogP contribution in [0.25, 0.3) is 0 Å². The average molecular weight is 273 g/mol. The van der Waals surface area contributed by atoms with Crippen LogP contribution in [0.15, 0.2) is 24.3 Å². The molecule has 18 heavy (non-hydrogen) atoms. The summed E-state index contributed by atoms with van der Waals surface area (Å²) in [5.41, 5.74) is 0.374. The molecule has 0 aliphatic heterocycles. The van der Waals surface area contributed by atoms with Crippen LogP contribution in [-0.4, -0.2) is 26.0 Å². The van der Waals surface area contributed by atoms with Gasteiger partial charge >= 0.3 is 0 Å². The summed E-state index contributed by atoms with van der Waals surface area (Å²) in [6.07, 6.45) is 0.0465. The molecule has 1 atom stereocenters. The molecule has 0 amide bonds. The second-order valence-corrected chi connectivity index (χ2v) is 6.10. The zero-order valence-electron chi connectivity index (χ0n) is 10.3. The van der Waals surface area contributed by atoms with Crippen LogP contribution in [-0.2, 0) is 10.0 Å². The van der Waals surface area contributed by atoms with Crippen molar-refractivity contribution in [3.63, 3.8) is 0 Å². The zero-order valence-corrected chi connectivity index (χ0v) is 11.1. The largest absolute Gasteiger partial charge is 0.294 e. The number of carbonyl (C=O) groups excluding carboxylic acids is 1. The van der Waals surface area contributed by atoms with Gasteiger partial charge in [0.2, 0.25) is 10.0 Å². The van der Waals surface area contributed by atoms with E-state index in [4.69, 9.17) is 0 Å². The highest BCUT2D eigenvalue weighted by atomic mass is 32.2. The third kappa shape index (κ3) is 4.54. The maximum Gasteiger partial charge on any atom is 0.211 e. The second-order valence-electron chi connectivity index (χ2n) is 4.06. The van der Waals surface area contributed by atoms with Crippen molar-refractivity contribution >= 4 is 15.8 Å². The molecule has 1 N–H and O–H groups in total. The number of Topliss-reactive ketones (excluding diaryl/α,β-unsaturated/α-hetero) is 1. The van der Waals surface area contributed by atoms with E-state index in [1.807, 2.05) is 0 Å². The molecular formula is C12H16FNO3S. The van der Waals surface area contributed by atoms with Crippen LogP contribution in [0.2, 0.25) is 0 Å². The summed E-state index contributed by atoms with van der Waals surface area (Å²) in [6, 6.07) is 4.70. The van der Waals surface area contributed by atoms with Crippen molar-refractivity contribution in [2.24, 2.45) is 0 Å². The number of rotatable bonds is 6. The molecule has 1 aromatic carbocycles. The molecule has 0 aliphatic rings. The number of halogens is 1. The fourth-order valence-electron chi connectivity index (χ4n) is 1.46. The van der Waals surface area contributed by atoms with E-state index in [2.05, 4.69) is 4.72 Å². The van der Waals surface area contributed by atoms with E-state index in [1.54, 1.807) is 6.92 Å². The minimum absolute atomic E-state index is 0.0257. The SMILES string of the molecule is CCS(=O)(=O)N[C@H](C)CC(=O)c1ccc(F)cc1. The quantitative estimate of drug-likeness (QED) is 0.803. The fraction of sp³-hybridized carbons (Fsp3) is 0.417. The molecule has 0 aliphatic carbocycles. The molecule has 0 saturated carbocycles. The number of carbonyl (C=O) groups is 1. The van der Waals surface area contributed by atoms with Crippen molar-refractivity contribution in [1.29, 1.82) is 0 Å². The minimum Gasteiger partial charge on any atom is -0.294 e. The lowest BCUT2D eigenvalue weighted by molar-refractivity contribution is 0.0975. The Kier molecular flexibility index (Phi) is 4.98. The molecule has 0 aromatic heterocycles. The molecule has 0 saturated heterocycles. The second kappa shape index (κ2) is 6.06. The Morgan fingerprint density at radius 3 is 2.39 bits per heavy atom. The molecular weight excluding hydrogens is 257 g/mol. The van der Waals surface area contributed by atoms with Gasteiger partial charge in [0.1, 0.15) is 5.82 Å². The van der Waals surface area contributed by atoms with Crippen molar-refractivity contribution in [1.82, 2.24) is 4.72 Å². The van der Waals surface area contributed by atoms with E-state index < -0.39 is 21.9 Å². The number of benzene rings is 1. The highest BCUT2D eigenvalue weighted by molar-refractivity contribution is 7.89. The van der Waals surface area contributed by atoms with Gasteiger partial charge in [-0.1, -0.05) is 0 Å². The Balaban J connectivity index is 2.62. The van der Waals surface area contributed by atoms with Crippen LogP contribution in [0.5, 0.6) is 0 Å². The highest BCUT2D eigenvalue weighted by Crippen LogP contribution is 2.08. The molecule has 0 unspecified atom stereocenters. The Hall–Kier alpha value is -1.27. The van der Waals surface area contributed by atoms with Gasteiger partial charge in [-0.2, -0.15) is 0 Å². The van der Waals surface area contributed by atoms with Crippen LogP contribution in [0, 0.1) is 5.82 Å². The van der Waals surface area contributed by atoms with Crippen LogP contribution in [0.4, 0.5) is 4.39 Å². The maximum atomic E-state index is 12.7. The van der Waals surface area contributed by atoms with Gasteiger partial charge in [0.05, 0.1) is 5.75 Å². The Morgan fingerprint density at radius 2 is 1.89 bits per heavy atom. The van der Waals surface area contributed by atoms with E-state index >= 15 is 0 Å². The zero-order chi connectivity index (χ0) is 13.8. The van der Waals surface area contributed by atoms with E-state index in [9.17, 15) is 17.6 Å². The van der Waals surface area contributed by atoms with E-state index in [0.29, 0.717) is 5.56 Å². The third-order valence-electron chi connectivity index (χ3n) is 2.42. The van der Waals surface area contributed by atoms with Gasteiger partial charge < -0.3 is 0 Å². The lowest BCUT2D eigenvalue weighted by Crippen LogP contribution is -2.35. The molecule has 0 heterocycles. The third-order valence-corrected chi connectivity index (χ3v) is 3.94. The van der Waals surface area contributed by atoms with Gasteiger partial charge in [0.15, 0.2) is 5.78 Å². The van der Waals surface area contributed by atoms with Crippen LogP contribution in [0.1, 0.15) is 30.6 Å². The summed E-state index contributed by atoms with van der Waals surface area (Å²) in [4.78, 5) is 11.8. The number of hydrogen-bond acceptors (Lipinski definition) is 3. The van der Waals surface area contributed by atoms with E-state index in [0.717, 1.165) is 0 Å². The Bertz CT molecular complexity index is 511. The summed E-state index contributed by atoms with van der Waals surface area (Å²) >= 11 is 0. The summed E-state index contributed by atoms with van der Waals surface area (Å²) in [7, 11) is -3.32. The smallest absolute Gasteiger partial charge is 0.211 e. The van der Waals surface area contributed by atoms with Crippen LogP contribution < -0.4 is 4.72 Å². The van der Waals surface area contributed by atoms with Crippen LogP contribution >= 0.6 is 0 Å². The van der Waals surface area contributed by atoms with Gasteiger partial charge in [-0.05, 0) is 38.1 Å². The number of hydrogen-bond donors (Lipinski definition) is 1. The minimum atomic E-state index is -3.32. The van der Waals surface area contributed by atoms with Crippen molar-refractivity contribution < 1.29 is 17.6 Å². The molecule has 0 radical (unpaired) electrons. The fourth-order valence-corrected chi connectivity index (χ4v) is 2.33. The van der Waals surface area contributed by atoms with Gasteiger partial charge in [-0.3, -0.25) is 4.79 Å². The van der Waals surface area contributed by atoms with Gasteiger partial charge in [-0.25, -0.2) is 17.5 Å². The van der Waals surface area contributed by atoms with Crippen molar-refractivity contribution in [3.05, 3.63) is 35.6 Å². The molecule has 4 nitrogen and oxygen atoms in total. The van der Waals surface area contributed by atoms with Crippen molar-refractivity contribution in [2.75, 3.05) is 5.75 Å². The standard InChI is InChI=1S/C12H16FNO3S/c1-3-18(16,17)14-9(2)8-12(15)10-4-6-11(13)7-5-10/h4-7,9,14H,3,8H2,1-2H3/t9-/m1/s1. The summed E-state index contributed by atoms with van der Waals surface area (Å²) in [6.45, 7) is 3.14. The predicted molar refractivity (Wildman–Crippen MR) is 67.4 cm³/mol. The number of ketones is 1. The first-order chi connectivity index (χ1) is 8.34. The van der Waals surface area contributed by atoms with Gasteiger partial charge in [-0.15, -0.1) is 0 Å². The normalized spacial score (nSPS) is 13.3. The Labute approximate surface area is 106 Å². The molecule has 100 valence electrons. The summed E-state index contributed by atoms with van der Waals surface area (Å²) in [5, 5.41) is 0. The van der Waals surface area contributed by atoms with Crippen molar-refractivity contribution in [3.8, 4) is 0 Å². The number of nitrogens with one attached hydrogen (secondary N) is 1. The molecule has 0 bridgehead atoms. The summed E-state index contributed by atoms with van der Waals surface area (Å²) < 4.78 is 37.7. The molecule has 1 aromatic rings. The summed E-state index contributed by atoms with van der Waals surface area (Å²) in [5.74, 6) is -0.658. The molecule has 0 fully saturated rings. The topological polar surface area (TPSA) is 63.2 Å². The predicted octanol–water partition coefficient (Wildman–Crippen LogP) is 1.73. The van der Waals surface area contributed by atoms with Gasteiger partial charge in [0.25, 0.3) is 0 Å². The van der Waals surface area contributed by atoms with E-state index in [1.165, 1.54) is 31.2 Å². The van der Waals surface area contributed by atoms with E-state index in [-0.39, 0.29) is 18.0 Å². The lowest BCUT2D eigenvalue weighted by Gasteiger charge is -2.12. The highest BCUT2D eigenvalue weighted by Gasteiger charge is 2.16.